The molecule has 0 atom stereocenters. The van der Waals surface area contributed by atoms with Crippen LogP contribution in [0.2, 0.25) is 0 Å². The average molecular weight is 324 g/mol. The number of aryl methyl sites for hydroxylation is 2. The van der Waals surface area contributed by atoms with Crippen LogP contribution in [0.4, 0.5) is 5.82 Å². The zero-order valence-corrected chi connectivity index (χ0v) is 14.3. The molecule has 2 aromatic heterocycles. The van der Waals surface area contributed by atoms with E-state index in [4.69, 9.17) is 10.1 Å². The van der Waals surface area contributed by atoms with E-state index in [0.717, 1.165) is 53.8 Å². The maximum atomic E-state index is 8.86. The van der Waals surface area contributed by atoms with Gasteiger partial charge in [-0.05, 0) is 31.6 Å². The monoisotopic (exact) mass is 324 g/mol. The third kappa shape index (κ3) is 3.41. The van der Waals surface area contributed by atoms with E-state index in [1.165, 1.54) is 5.39 Å². The first-order valence-corrected chi connectivity index (χ1v) is 8.44. The fraction of sp³-hybridized carbons (Fsp3) is 0.368. The van der Waals surface area contributed by atoms with Crippen LogP contribution >= 0.6 is 0 Å². The molecule has 126 valence electrons. The standard InChI is InChI=1S/C19H24N4O/c1-14-18(15-12-21-23(2)13-15)16-8-4-5-9-17(16)19(22-14)20-10-6-3-7-11-24/h4-5,8-9,12-13,24H,3,6-7,10-11H2,1-2H3,(H,20,22). The molecule has 5 heteroatoms. The number of aromatic nitrogens is 3. The molecule has 24 heavy (non-hydrogen) atoms. The van der Waals surface area contributed by atoms with Crippen molar-refractivity contribution in [3.63, 3.8) is 0 Å². The van der Waals surface area contributed by atoms with Crippen LogP contribution in [0.1, 0.15) is 25.0 Å². The van der Waals surface area contributed by atoms with Gasteiger partial charge in [-0.3, -0.25) is 4.68 Å². The predicted octanol–water partition coefficient (Wildman–Crippen LogP) is 3.52. The van der Waals surface area contributed by atoms with Crippen LogP contribution in [0.3, 0.4) is 0 Å². The average Bonchev–Trinajstić information content (AvgIpc) is 3.00. The minimum absolute atomic E-state index is 0.264. The molecule has 0 aliphatic rings. The van der Waals surface area contributed by atoms with Crippen LogP contribution in [0.15, 0.2) is 36.7 Å². The van der Waals surface area contributed by atoms with Gasteiger partial charge in [0.05, 0.1) is 6.20 Å². The van der Waals surface area contributed by atoms with Crippen LogP contribution in [-0.4, -0.2) is 33.0 Å². The summed E-state index contributed by atoms with van der Waals surface area (Å²) in [5.74, 6) is 0.930. The Labute approximate surface area is 142 Å². The van der Waals surface area contributed by atoms with Crippen molar-refractivity contribution in [1.29, 1.82) is 0 Å². The van der Waals surface area contributed by atoms with E-state index in [1.54, 1.807) is 0 Å². The normalized spacial score (nSPS) is 11.1. The molecule has 0 aliphatic heterocycles. The van der Waals surface area contributed by atoms with Crippen LogP contribution in [0.25, 0.3) is 21.9 Å². The lowest BCUT2D eigenvalue weighted by Gasteiger charge is -2.14. The number of anilines is 1. The maximum Gasteiger partial charge on any atom is 0.134 e. The number of hydrogen-bond donors (Lipinski definition) is 2. The summed E-state index contributed by atoms with van der Waals surface area (Å²) >= 11 is 0. The van der Waals surface area contributed by atoms with Crippen LogP contribution in [-0.2, 0) is 7.05 Å². The second kappa shape index (κ2) is 7.45. The third-order valence-corrected chi connectivity index (χ3v) is 4.21. The van der Waals surface area contributed by atoms with Gasteiger partial charge in [0.15, 0.2) is 0 Å². The lowest BCUT2D eigenvalue weighted by atomic mass is 9.99. The topological polar surface area (TPSA) is 63.0 Å². The summed E-state index contributed by atoms with van der Waals surface area (Å²) in [6.45, 7) is 3.18. The van der Waals surface area contributed by atoms with Crippen molar-refractivity contribution in [1.82, 2.24) is 14.8 Å². The van der Waals surface area contributed by atoms with Gasteiger partial charge >= 0.3 is 0 Å². The van der Waals surface area contributed by atoms with Crippen LogP contribution < -0.4 is 5.32 Å². The molecule has 0 saturated carbocycles. The van der Waals surface area contributed by atoms with Gasteiger partial charge in [-0.25, -0.2) is 4.98 Å². The highest BCUT2D eigenvalue weighted by molar-refractivity contribution is 6.02. The van der Waals surface area contributed by atoms with E-state index < -0.39 is 0 Å². The third-order valence-electron chi connectivity index (χ3n) is 4.21. The minimum atomic E-state index is 0.264. The summed E-state index contributed by atoms with van der Waals surface area (Å²) in [4.78, 5) is 4.81. The Kier molecular flexibility index (Phi) is 5.11. The van der Waals surface area contributed by atoms with Gasteiger partial charge in [-0.15, -0.1) is 0 Å². The minimum Gasteiger partial charge on any atom is -0.396 e. The molecule has 1 aromatic carbocycles. The first-order valence-electron chi connectivity index (χ1n) is 8.44. The maximum absolute atomic E-state index is 8.86. The quantitative estimate of drug-likeness (QED) is 0.653. The molecular weight excluding hydrogens is 300 g/mol. The molecule has 0 aliphatic carbocycles. The van der Waals surface area contributed by atoms with Gasteiger partial charge in [-0.2, -0.15) is 5.10 Å². The highest BCUT2D eigenvalue weighted by atomic mass is 16.2. The number of fused-ring (bicyclic) bond motifs is 1. The number of hydrogen-bond acceptors (Lipinski definition) is 4. The van der Waals surface area contributed by atoms with Crippen molar-refractivity contribution < 1.29 is 5.11 Å². The first-order chi connectivity index (χ1) is 11.7. The zero-order valence-electron chi connectivity index (χ0n) is 14.3. The largest absolute Gasteiger partial charge is 0.396 e. The summed E-state index contributed by atoms with van der Waals surface area (Å²) in [6, 6.07) is 8.36. The Hall–Kier alpha value is -2.40. The van der Waals surface area contributed by atoms with Crippen molar-refractivity contribution >= 4 is 16.6 Å². The van der Waals surface area contributed by atoms with E-state index in [2.05, 4.69) is 28.6 Å². The summed E-state index contributed by atoms with van der Waals surface area (Å²) in [5, 5.41) is 18.9. The molecule has 0 spiro atoms. The predicted molar refractivity (Wildman–Crippen MR) is 98.1 cm³/mol. The number of nitrogens with zero attached hydrogens (tertiary/aromatic N) is 3. The molecule has 3 rings (SSSR count). The zero-order chi connectivity index (χ0) is 16.9. The van der Waals surface area contributed by atoms with Crippen molar-refractivity contribution in [3.8, 4) is 11.1 Å². The number of rotatable bonds is 7. The lowest BCUT2D eigenvalue weighted by Crippen LogP contribution is -2.06. The summed E-state index contributed by atoms with van der Waals surface area (Å²) < 4.78 is 1.82. The number of benzene rings is 1. The number of nitrogens with one attached hydrogen (secondary N) is 1. The molecule has 0 unspecified atom stereocenters. The molecule has 0 bridgehead atoms. The van der Waals surface area contributed by atoms with Crippen molar-refractivity contribution in [3.05, 3.63) is 42.4 Å². The van der Waals surface area contributed by atoms with E-state index >= 15 is 0 Å². The Morgan fingerprint density at radius 2 is 1.92 bits per heavy atom. The van der Waals surface area contributed by atoms with Gasteiger partial charge in [0.1, 0.15) is 5.82 Å². The summed E-state index contributed by atoms with van der Waals surface area (Å²) in [6.07, 6.45) is 6.82. The van der Waals surface area contributed by atoms with Gasteiger partial charge in [0.2, 0.25) is 0 Å². The van der Waals surface area contributed by atoms with Crippen molar-refractivity contribution in [2.45, 2.75) is 26.2 Å². The van der Waals surface area contributed by atoms with Crippen molar-refractivity contribution in [2.24, 2.45) is 7.05 Å². The van der Waals surface area contributed by atoms with E-state index in [-0.39, 0.29) is 6.61 Å². The lowest BCUT2D eigenvalue weighted by molar-refractivity contribution is 0.283. The molecule has 0 saturated heterocycles. The molecule has 3 aromatic rings. The smallest absolute Gasteiger partial charge is 0.134 e. The van der Waals surface area contributed by atoms with Gasteiger partial charge in [-0.1, -0.05) is 24.3 Å². The number of aliphatic hydroxyl groups is 1. The van der Waals surface area contributed by atoms with Crippen LogP contribution in [0, 0.1) is 6.92 Å². The number of pyridine rings is 1. The molecule has 0 radical (unpaired) electrons. The summed E-state index contributed by atoms with van der Waals surface area (Å²) in [5.41, 5.74) is 3.23. The SMILES string of the molecule is Cc1nc(NCCCCCO)c2ccccc2c1-c1cnn(C)c1. The molecule has 0 fully saturated rings. The molecule has 2 heterocycles. The van der Waals surface area contributed by atoms with E-state index in [0.29, 0.717) is 0 Å². The van der Waals surface area contributed by atoms with Gasteiger partial charge < -0.3 is 10.4 Å². The Bertz CT molecular complexity index is 825. The van der Waals surface area contributed by atoms with Crippen LogP contribution in [0.5, 0.6) is 0 Å². The van der Waals surface area contributed by atoms with Gasteiger partial charge in [0.25, 0.3) is 0 Å². The second-order valence-electron chi connectivity index (χ2n) is 6.08. The van der Waals surface area contributed by atoms with Gasteiger partial charge in [0, 0.05) is 48.6 Å². The first kappa shape index (κ1) is 16.5. The fourth-order valence-electron chi connectivity index (χ4n) is 3.06. The molecule has 0 amide bonds. The highest BCUT2D eigenvalue weighted by Crippen LogP contribution is 2.34. The second-order valence-corrected chi connectivity index (χ2v) is 6.08. The summed E-state index contributed by atoms with van der Waals surface area (Å²) in [7, 11) is 1.93. The van der Waals surface area contributed by atoms with E-state index in [1.807, 2.05) is 37.1 Å². The molecule has 5 nitrogen and oxygen atoms in total. The number of aliphatic hydroxyl groups excluding tert-OH is 1. The Balaban J connectivity index is 1.95. The van der Waals surface area contributed by atoms with E-state index in [9.17, 15) is 0 Å². The fourth-order valence-corrected chi connectivity index (χ4v) is 3.06. The Morgan fingerprint density at radius 1 is 1.12 bits per heavy atom. The highest BCUT2D eigenvalue weighted by Gasteiger charge is 2.13. The number of unbranched alkanes of at least 4 members (excludes halogenated alkanes) is 2. The molecule has 2 N–H and O–H groups in total. The molecular formula is C19H24N4O. The Morgan fingerprint density at radius 3 is 2.62 bits per heavy atom. The van der Waals surface area contributed by atoms with Crippen molar-refractivity contribution in [2.75, 3.05) is 18.5 Å².